The number of phenolic OH excluding ortho intramolecular Hbond substituents is 1. The molecule has 0 aliphatic rings. The predicted molar refractivity (Wildman–Crippen MR) is 73.3 cm³/mol. The molecule has 0 saturated carbocycles. The van der Waals surface area contributed by atoms with Crippen LogP contribution < -0.4 is 0 Å². The van der Waals surface area contributed by atoms with Crippen LogP contribution in [0.25, 0.3) is 6.08 Å². The van der Waals surface area contributed by atoms with Gasteiger partial charge in [0.15, 0.2) is 0 Å². The highest BCUT2D eigenvalue weighted by Crippen LogP contribution is 2.20. The van der Waals surface area contributed by atoms with Crippen LogP contribution in [0.1, 0.15) is 11.1 Å². The smallest absolute Gasteiger partial charge is 0.122 e. The van der Waals surface area contributed by atoms with Gasteiger partial charge in [0.2, 0.25) is 0 Å². The lowest BCUT2D eigenvalue weighted by molar-refractivity contribution is 0.329. The minimum Gasteiger partial charge on any atom is -0.507 e. The molecule has 2 aromatic rings. The lowest BCUT2D eigenvalue weighted by atomic mass is 10.0. The third-order valence-corrected chi connectivity index (χ3v) is 2.77. The molecule has 0 bridgehead atoms. The van der Waals surface area contributed by atoms with Gasteiger partial charge in [0.25, 0.3) is 0 Å². The number of hydrogen-bond donors (Lipinski definition) is 2. The summed E-state index contributed by atoms with van der Waals surface area (Å²) in [5.74, 6) is 0.233. The Morgan fingerprint density at radius 1 is 0.944 bits per heavy atom. The van der Waals surface area contributed by atoms with E-state index in [0.717, 1.165) is 16.7 Å². The van der Waals surface area contributed by atoms with Gasteiger partial charge in [-0.25, -0.2) is 0 Å². The Morgan fingerprint density at radius 3 is 2.28 bits per heavy atom. The standard InChI is InChI=1S/C16H16O2/c17-12-14(10-13-6-2-1-3-7-13)11-15-8-4-5-9-16(15)18/h1-9,11,17-18H,10,12H2/b14-11-. The minimum atomic E-state index is -0.0107. The van der Waals surface area contributed by atoms with Gasteiger partial charge in [-0.3, -0.25) is 0 Å². The van der Waals surface area contributed by atoms with E-state index in [1.165, 1.54) is 0 Å². The molecule has 2 rings (SSSR count). The third kappa shape index (κ3) is 3.22. The molecular formula is C16H16O2. The summed E-state index contributed by atoms with van der Waals surface area (Å²) in [6.45, 7) is -0.0107. The van der Waals surface area contributed by atoms with Crippen molar-refractivity contribution in [1.29, 1.82) is 0 Å². The first kappa shape index (κ1) is 12.4. The van der Waals surface area contributed by atoms with Gasteiger partial charge in [0.05, 0.1) is 6.61 Å². The van der Waals surface area contributed by atoms with Gasteiger partial charge in [0.1, 0.15) is 5.75 Å². The molecule has 0 unspecified atom stereocenters. The molecule has 0 amide bonds. The SMILES string of the molecule is OC/C(=C\c1ccccc1O)Cc1ccccc1. The molecule has 18 heavy (non-hydrogen) atoms. The molecule has 0 aliphatic heterocycles. The van der Waals surface area contributed by atoms with Gasteiger partial charge in [-0.15, -0.1) is 0 Å². The number of rotatable bonds is 4. The van der Waals surface area contributed by atoms with E-state index in [1.807, 2.05) is 48.5 Å². The summed E-state index contributed by atoms with van der Waals surface area (Å²) in [6.07, 6.45) is 2.52. The fraction of sp³-hybridized carbons (Fsp3) is 0.125. The van der Waals surface area contributed by atoms with Crippen LogP contribution in [0.2, 0.25) is 0 Å². The Morgan fingerprint density at radius 2 is 1.61 bits per heavy atom. The van der Waals surface area contributed by atoms with E-state index in [4.69, 9.17) is 0 Å². The molecule has 0 fully saturated rings. The van der Waals surface area contributed by atoms with E-state index in [0.29, 0.717) is 6.42 Å². The highest BCUT2D eigenvalue weighted by molar-refractivity contribution is 5.59. The van der Waals surface area contributed by atoms with Crippen molar-refractivity contribution in [2.45, 2.75) is 6.42 Å². The summed E-state index contributed by atoms with van der Waals surface area (Å²) in [5.41, 5.74) is 2.76. The lowest BCUT2D eigenvalue weighted by Crippen LogP contribution is -1.95. The number of hydrogen-bond acceptors (Lipinski definition) is 2. The number of para-hydroxylation sites is 1. The fourth-order valence-electron chi connectivity index (χ4n) is 1.84. The molecule has 0 atom stereocenters. The second-order valence-corrected chi connectivity index (χ2v) is 4.18. The third-order valence-electron chi connectivity index (χ3n) is 2.77. The first-order valence-corrected chi connectivity index (χ1v) is 5.92. The number of phenols is 1. The maximum absolute atomic E-state index is 9.69. The van der Waals surface area contributed by atoms with Crippen LogP contribution in [0.4, 0.5) is 0 Å². The topological polar surface area (TPSA) is 40.5 Å². The zero-order valence-electron chi connectivity index (χ0n) is 10.1. The van der Waals surface area contributed by atoms with E-state index < -0.39 is 0 Å². The molecule has 0 spiro atoms. The average Bonchev–Trinajstić information content (AvgIpc) is 2.41. The highest BCUT2D eigenvalue weighted by atomic mass is 16.3. The van der Waals surface area contributed by atoms with Crippen molar-refractivity contribution in [2.75, 3.05) is 6.61 Å². The summed E-state index contributed by atoms with van der Waals surface area (Å²) in [6, 6.07) is 17.1. The highest BCUT2D eigenvalue weighted by Gasteiger charge is 2.01. The van der Waals surface area contributed by atoms with Crippen LogP contribution in [0, 0.1) is 0 Å². The van der Waals surface area contributed by atoms with Gasteiger partial charge in [-0.1, -0.05) is 48.5 Å². The van der Waals surface area contributed by atoms with Gasteiger partial charge in [-0.05, 0) is 29.7 Å². The maximum Gasteiger partial charge on any atom is 0.122 e. The largest absolute Gasteiger partial charge is 0.507 e. The van der Waals surface area contributed by atoms with Crippen molar-refractivity contribution < 1.29 is 10.2 Å². The first-order chi connectivity index (χ1) is 8.79. The second-order valence-electron chi connectivity index (χ2n) is 4.18. The Bertz CT molecular complexity index is 530. The lowest BCUT2D eigenvalue weighted by Gasteiger charge is -2.06. The molecule has 2 heteroatoms. The summed E-state index contributed by atoms with van der Waals surface area (Å²) in [4.78, 5) is 0. The zero-order chi connectivity index (χ0) is 12.8. The number of aliphatic hydroxyl groups is 1. The molecular weight excluding hydrogens is 224 g/mol. The van der Waals surface area contributed by atoms with Crippen LogP contribution in [0.15, 0.2) is 60.2 Å². The molecule has 2 N–H and O–H groups in total. The molecule has 0 radical (unpaired) electrons. The molecule has 0 heterocycles. The Hall–Kier alpha value is -2.06. The van der Waals surface area contributed by atoms with Crippen molar-refractivity contribution in [3.63, 3.8) is 0 Å². The minimum absolute atomic E-state index is 0.0107. The number of aromatic hydroxyl groups is 1. The monoisotopic (exact) mass is 240 g/mol. The van der Waals surface area contributed by atoms with Crippen LogP contribution in [-0.2, 0) is 6.42 Å². The Labute approximate surface area is 107 Å². The summed E-state index contributed by atoms with van der Waals surface area (Å²) >= 11 is 0. The molecule has 0 saturated heterocycles. The van der Waals surface area contributed by atoms with Crippen LogP contribution in [-0.4, -0.2) is 16.8 Å². The average molecular weight is 240 g/mol. The van der Waals surface area contributed by atoms with E-state index in [9.17, 15) is 10.2 Å². The van der Waals surface area contributed by atoms with Gasteiger partial charge < -0.3 is 10.2 Å². The Kier molecular flexibility index (Phi) is 4.15. The van der Waals surface area contributed by atoms with E-state index in [2.05, 4.69) is 0 Å². The number of benzene rings is 2. The van der Waals surface area contributed by atoms with Crippen LogP contribution in [0.5, 0.6) is 5.75 Å². The predicted octanol–water partition coefficient (Wildman–Crippen LogP) is 3.01. The van der Waals surface area contributed by atoms with E-state index >= 15 is 0 Å². The van der Waals surface area contributed by atoms with E-state index in [1.54, 1.807) is 12.1 Å². The van der Waals surface area contributed by atoms with Crippen molar-refractivity contribution in [1.82, 2.24) is 0 Å². The summed E-state index contributed by atoms with van der Waals surface area (Å²) in [7, 11) is 0. The van der Waals surface area contributed by atoms with Crippen molar-refractivity contribution in [3.8, 4) is 5.75 Å². The molecule has 2 aromatic carbocycles. The molecule has 0 aromatic heterocycles. The van der Waals surface area contributed by atoms with Crippen molar-refractivity contribution in [3.05, 3.63) is 71.3 Å². The quantitative estimate of drug-likeness (QED) is 0.862. The Balaban J connectivity index is 2.21. The normalized spacial score (nSPS) is 11.5. The van der Waals surface area contributed by atoms with Gasteiger partial charge in [-0.2, -0.15) is 0 Å². The molecule has 0 aliphatic carbocycles. The fourth-order valence-corrected chi connectivity index (χ4v) is 1.84. The maximum atomic E-state index is 9.69. The van der Waals surface area contributed by atoms with E-state index in [-0.39, 0.29) is 12.4 Å². The summed E-state index contributed by atoms with van der Waals surface area (Å²) in [5, 5.41) is 19.1. The van der Waals surface area contributed by atoms with Crippen molar-refractivity contribution >= 4 is 6.08 Å². The van der Waals surface area contributed by atoms with Crippen molar-refractivity contribution in [2.24, 2.45) is 0 Å². The molecule has 92 valence electrons. The van der Waals surface area contributed by atoms with Gasteiger partial charge >= 0.3 is 0 Å². The second kappa shape index (κ2) is 6.03. The zero-order valence-corrected chi connectivity index (χ0v) is 10.1. The van der Waals surface area contributed by atoms with Crippen LogP contribution in [0.3, 0.4) is 0 Å². The van der Waals surface area contributed by atoms with Crippen LogP contribution >= 0.6 is 0 Å². The molecule has 2 nitrogen and oxygen atoms in total. The first-order valence-electron chi connectivity index (χ1n) is 5.92. The van der Waals surface area contributed by atoms with Gasteiger partial charge in [0, 0.05) is 5.56 Å². The number of aliphatic hydroxyl groups excluding tert-OH is 1. The summed E-state index contributed by atoms with van der Waals surface area (Å²) < 4.78 is 0.